The number of carbonyl (C=O) groups is 1. The Morgan fingerprint density at radius 3 is 2.95 bits per heavy atom. The Kier molecular flexibility index (Phi) is 4.99. The van der Waals surface area contributed by atoms with Gasteiger partial charge in [0.25, 0.3) is 0 Å². The first-order valence-corrected chi connectivity index (χ1v) is 6.90. The molecule has 1 aliphatic heterocycles. The van der Waals surface area contributed by atoms with Gasteiger partial charge in [-0.1, -0.05) is 0 Å². The second-order valence-corrected chi connectivity index (χ2v) is 5.20. The molecule has 5 heteroatoms. The molecule has 106 valence electrons. The highest BCUT2D eigenvalue weighted by Gasteiger charge is 2.20. The topological polar surface area (TPSA) is 57.5 Å². The molecule has 2 heterocycles. The predicted octanol–water partition coefficient (Wildman–Crippen LogP) is 1.14. The number of piperidine rings is 1. The van der Waals surface area contributed by atoms with E-state index in [0.29, 0.717) is 12.6 Å². The minimum Gasteiger partial charge on any atom is -0.467 e. The van der Waals surface area contributed by atoms with E-state index in [1.54, 1.807) is 6.26 Å². The molecular formula is C14H23N3O2. The van der Waals surface area contributed by atoms with Crippen molar-refractivity contribution >= 4 is 5.91 Å². The molecule has 1 fully saturated rings. The van der Waals surface area contributed by atoms with E-state index >= 15 is 0 Å². The van der Waals surface area contributed by atoms with Gasteiger partial charge in [-0.25, -0.2) is 0 Å². The second-order valence-electron chi connectivity index (χ2n) is 5.20. The van der Waals surface area contributed by atoms with Gasteiger partial charge in [-0.05, 0) is 52.0 Å². The Hall–Kier alpha value is -1.33. The van der Waals surface area contributed by atoms with Crippen LogP contribution >= 0.6 is 0 Å². The van der Waals surface area contributed by atoms with Crippen molar-refractivity contribution in [2.45, 2.75) is 31.8 Å². The molecule has 19 heavy (non-hydrogen) atoms. The first kappa shape index (κ1) is 14.1. The van der Waals surface area contributed by atoms with Crippen molar-refractivity contribution in [3.63, 3.8) is 0 Å². The number of rotatable bonds is 5. The molecule has 0 saturated carbocycles. The van der Waals surface area contributed by atoms with Crippen LogP contribution in [0.15, 0.2) is 22.8 Å². The van der Waals surface area contributed by atoms with Gasteiger partial charge in [0.05, 0.1) is 18.8 Å². The molecule has 5 nitrogen and oxygen atoms in total. The van der Waals surface area contributed by atoms with Gasteiger partial charge in [0.1, 0.15) is 5.76 Å². The van der Waals surface area contributed by atoms with Crippen LogP contribution in [0.2, 0.25) is 0 Å². The van der Waals surface area contributed by atoms with Gasteiger partial charge in [0.15, 0.2) is 0 Å². The monoisotopic (exact) mass is 265 g/mol. The first-order chi connectivity index (χ1) is 9.16. The number of likely N-dealkylation sites (N-methyl/N-ethyl adjacent to an activating group) is 1. The van der Waals surface area contributed by atoms with Crippen LogP contribution in [0.5, 0.6) is 0 Å². The molecule has 0 aromatic carbocycles. The van der Waals surface area contributed by atoms with Gasteiger partial charge in [0.2, 0.25) is 5.91 Å². The summed E-state index contributed by atoms with van der Waals surface area (Å²) in [6, 6.07) is 4.13. The van der Waals surface area contributed by atoms with Gasteiger partial charge in [-0.3, -0.25) is 9.69 Å². The van der Waals surface area contributed by atoms with Gasteiger partial charge < -0.3 is 15.1 Å². The summed E-state index contributed by atoms with van der Waals surface area (Å²) in [5, 5.41) is 6.30. The van der Waals surface area contributed by atoms with Crippen LogP contribution in [0.1, 0.15) is 31.6 Å². The van der Waals surface area contributed by atoms with Crippen molar-refractivity contribution in [3.8, 4) is 0 Å². The van der Waals surface area contributed by atoms with Crippen molar-refractivity contribution in [2.75, 3.05) is 26.7 Å². The highest BCUT2D eigenvalue weighted by molar-refractivity contribution is 5.78. The number of amides is 1. The zero-order valence-corrected chi connectivity index (χ0v) is 11.7. The Morgan fingerprint density at radius 2 is 2.32 bits per heavy atom. The third-order valence-electron chi connectivity index (χ3n) is 3.67. The minimum atomic E-state index is -0.0797. The third-order valence-corrected chi connectivity index (χ3v) is 3.67. The first-order valence-electron chi connectivity index (χ1n) is 6.90. The lowest BCUT2D eigenvalue weighted by molar-refractivity contribution is -0.123. The van der Waals surface area contributed by atoms with Crippen molar-refractivity contribution in [3.05, 3.63) is 24.2 Å². The molecule has 1 atom stereocenters. The number of hydrogen-bond donors (Lipinski definition) is 2. The summed E-state index contributed by atoms with van der Waals surface area (Å²) >= 11 is 0. The highest BCUT2D eigenvalue weighted by atomic mass is 16.3. The van der Waals surface area contributed by atoms with Gasteiger partial charge in [-0.2, -0.15) is 0 Å². The smallest absolute Gasteiger partial charge is 0.234 e. The molecule has 1 unspecified atom stereocenters. The normalized spacial score (nSPS) is 18.5. The maximum atomic E-state index is 12.0. The standard InChI is InChI=1S/C14H23N3O2/c1-11(13-4-3-9-19-13)16-14(18)10-17(2)12-5-7-15-8-6-12/h3-4,9,11-12,15H,5-8,10H2,1-2H3,(H,16,18). The van der Waals surface area contributed by atoms with Crippen LogP contribution in [0.25, 0.3) is 0 Å². The quantitative estimate of drug-likeness (QED) is 0.838. The van der Waals surface area contributed by atoms with E-state index in [9.17, 15) is 4.79 Å². The fourth-order valence-corrected chi connectivity index (χ4v) is 2.50. The average molecular weight is 265 g/mol. The van der Waals surface area contributed by atoms with E-state index in [0.717, 1.165) is 31.7 Å². The summed E-state index contributed by atoms with van der Waals surface area (Å²) in [6.07, 6.45) is 3.84. The summed E-state index contributed by atoms with van der Waals surface area (Å²) in [4.78, 5) is 14.1. The SMILES string of the molecule is CC(NC(=O)CN(C)C1CCNCC1)c1ccco1. The molecule has 2 rings (SSSR count). The second kappa shape index (κ2) is 6.73. The summed E-state index contributed by atoms with van der Waals surface area (Å²) in [7, 11) is 2.02. The Labute approximate surface area is 114 Å². The fraction of sp³-hybridized carbons (Fsp3) is 0.643. The largest absolute Gasteiger partial charge is 0.467 e. The lowest BCUT2D eigenvalue weighted by Crippen LogP contribution is -2.45. The fourth-order valence-electron chi connectivity index (χ4n) is 2.50. The highest BCUT2D eigenvalue weighted by Crippen LogP contribution is 2.13. The number of nitrogens with zero attached hydrogens (tertiary/aromatic N) is 1. The Morgan fingerprint density at radius 1 is 1.58 bits per heavy atom. The maximum absolute atomic E-state index is 12.0. The van der Waals surface area contributed by atoms with Crippen LogP contribution in [-0.2, 0) is 4.79 Å². The van der Waals surface area contributed by atoms with Gasteiger partial charge in [0, 0.05) is 6.04 Å². The molecule has 1 aromatic rings. The third kappa shape index (κ3) is 4.08. The zero-order chi connectivity index (χ0) is 13.7. The number of furan rings is 1. The molecule has 0 bridgehead atoms. The van der Waals surface area contributed by atoms with E-state index < -0.39 is 0 Å². The molecule has 1 aromatic heterocycles. The lowest BCUT2D eigenvalue weighted by Gasteiger charge is -2.31. The maximum Gasteiger partial charge on any atom is 0.234 e. The zero-order valence-electron chi connectivity index (χ0n) is 11.7. The number of hydrogen-bond acceptors (Lipinski definition) is 4. The van der Waals surface area contributed by atoms with Crippen molar-refractivity contribution in [2.24, 2.45) is 0 Å². The Bertz CT molecular complexity index is 385. The molecule has 1 saturated heterocycles. The van der Waals surface area contributed by atoms with Crippen LogP contribution < -0.4 is 10.6 Å². The molecule has 0 spiro atoms. The molecule has 0 radical (unpaired) electrons. The molecular weight excluding hydrogens is 242 g/mol. The minimum absolute atomic E-state index is 0.0462. The van der Waals surface area contributed by atoms with Crippen molar-refractivity contribution < 1.29 is 9.21 Å². The average Bonchev–Trinajstić information content (AvgIpc) is 2.93. The summed E-state index contributed by atoms with van der Waals surface area (Å²) in [6.45, 7) is 4.45. The van der Waals surface area contributed by atoms with Crippen molar-refractivity contribution in [1.82, 2.24) is 15.5 Å². The van der Waals surface area contributed by atoms with E-state index in [4.69, 9.17) is 4.42 Å². The van der Waals surface area contributed by atoms with Gasteiger partial charge in [-0.15, -0.1) is 0 Å². The van der Waals surface area contributed by atoms with Crippen LogP contribution in [-0.4, -0.2) is 43.5 Å². The van der Waals surface area contributed by atoms with Gasteiger partial charge >= 0.3 is 0 Å². The van der Waals surface area contributed by atoms with Crippen LogP contribution in [0.4, 0.5) is 0 Å². The van der Waals surface area contributed by atoms with Crippen LogP contribution in [0, 0.1) is 0 Å². The summed E-state index contributed by atoms with van der Waals surface area (Å²) in [5.41, 5.74) is 0. The number of nitrogens with one attached hydrogen (secondary N) is 2. The summed E-state index contributed by atoms with van der Waals surface area (Å²) < 4.78 is 5.28. The molecule has 2 N–H and O–H groups in total. The van der Waals surface area contributed by atoms with Crippen LogP contribution in [0.3, 0.4) is 0 Å². The molecule has 0 aliphatic carbocycles. The van der Waals surface area contributed by atoms with E-state index in [2.05, 4.69) is 15.5 Å². The molecule has 1 aliphatic rings. The Balaban J connectivity index is 1.77. The van der Waals surface area contributed by atoms with E-state index in [-0.39, 0.29) is 11.9 Å². The van der Waals surface area contributed by atoms with E-state index in [1.807, 2.05) is 26.1 Å². The lowest BCUT2D eigenvalue weighted by atomic mass is 10.1. The van der Waals surface area contributed by atoms with Crippen molar-refractivity contribution in [1.29, 1.82) is 0 Å². The van der Waals surface area contributed by atoms with E-state index in [1.165, 1.54) is 0 Å². The molecule has 1 amide bonds. The number of carbonyl (C=O) groups excluding carboxylic acids is 1. The predicted molar refractivity (Wildman–Crippen MR) is 73.8 cm³/mol. The summed E-state index contributed by atoms with van der Waals surface area (Å²) in [5.74, 6) is 0.836.